The molecule has 0 bridgehead atoms. The highest BCUT2D eigenvalue weighted by Crippen LogP contribution is 2.22. The van der Waals surface area contributed by atoms with Crippen LogP contribution in [0, 0.1) is 6.92 Å². The second-order valence-corrected chi connectivity index (χ2v) is 8.74. The molecule has 0 aliphatic rings. The van der Waals surface area contributed by atoms with Gasteiger partial charge in [0.15, 0.2) is 9.84 Å². The van der Waals surface area contributed by atoms with Gasteiger partial charge in [-0.15, -0.1) is 0 Å². The van der Waals surface area contributed by atoms with Gasteiger partial charge in [0.1, 0.15) is 5.15 Å². The Hall–Kier alpha value is -2.12. The van der Waals surface area contributed by atoms with Crippen LogP contribution in [0.4, 0.5) is 5.69 Å². The second-order valence-electron chi connectivity index (χ2n) is 6.36. The van der Waals surface area contributed by atoms with Gasteiger partial charge in [-0.25, -0.2) is 8.42 Å². The van der Waals surface area contributed by atoms with E-state index in [1.807, 2.05) is 6.92 Å². The van der Waals surface area contributed by atoms with Gasteiger partial charge in [-0.1, -0.05) is 24.9 Å². The lowest BCUT2D eigenvalue weighted by Gasteiger charge is -2.15. The van der Waals surface area contributed by atoms with E-state index in [2.05, 4.69) is 12.0 Å². The van der Waals surface area contributed by atoms with Crippen LogP contribution < -0.4 is 4.90 Å². The zero-order valence-electron chi connectivity index (χ0n) is 15.9. The SMILES string of the molecule is CCCCn1nc(C)c(/C=C/C(=O)N(C)c2ccc(S(C)(=O)=O)cc2)c1Cl. The Morgan fingerprint density at radius 3 is 2.48 bits per heavy atom. The summed E-state index contributed by atoms with van der Waals surface area (Å²) in [6.07, 6.45) is 6.27. The van der Waals surface area contributed by atoms with Crippen molar-refractivity contribution >= 4 is 39.1 Å². The Balaban J connectivity index is 2.15. The van der Waals surface area contributed by atoms with Crippen molar-refractivity contribution in [3.05, 3.63) is 46.8 Å². The zero-order valence-corrected chi connectivity index (χ0v) is 17.5. The van der Waals surface area contributed by atoms with E-state index in [9.17, 15) is 13.2 Å². The van der Waals surface area contributed by atoms with Crippen molar-refractivity contribution in [1.29, 1.82) is 0 Å². The average molecular weight is 410 g/mol. The number of anilines is 1. The number of aryl methyl sites for hydroxylation is 2. The fraction of sp³-hybridized carbons (Fsp3) is 0.368. The number of nitrogens with zero attached hydrogens (tertiary/aromatic N) is 3. The Morgan fingerprint density at radius 1 is 1.30 bits per heavy atom. The maximum absolute atomic E-state index is 12.5. The lowest BCUT2D eigenvalue weighted by molar-refractivity contribution is -0.113. The number of unbranched alkanes of at least 4 members (excludes halogenated alkanes) is 1. The molecule has 1 heterocycles. The van der Waals surface area contributed by atoms with E-state index in [0.29, 0.717) is 10.8 Å². The number of hydrogen-bond acceptors (Lipinski definition) is 4. The van der Waals surface area contributed by atoms with Crippen LogP contribution in [0.2, 0.25) is 5.15 Å². The van der Waals surface area contributed by atoms with E-state index >= 15 is 0 Å². The highest BCUT2D eigenvalue weighted by Gasteiger charge is 2.13. The van der Waals surface area contributed by atoms with Gasteiger partial charge < -0.3 is 4.90 Å². The molecular weight excluding hydrogens is 386 g/mol. The van der Waals surface area contributed by atoms with Gasteiger partial charge >= 0.3 is 0 Å². The van der Waals surface area contributed by atoms with Crippen molar-refractivity contribution < 1.29 is 13.2 Å². The van der Waals surface area contributed by atoms with E-state index in [-0.39, 0.29) is 10.8 Å². The Kier molecular flexibility index (Phi) is 6.84. The maximum Gasteiger partial charge on any atom is 0.250 e. The summed E-state index contributed by atoms with van der Waals surface area (Å²) < 4.78 is 24.8. The molecule has 0 N–H and O–H groups in total. The minimum atomic E-state index is -3.27. The summed E-state index contributed by atoms with van der Waals surface area (Å²) in [6, 6.07) is 6.17. The van der Waals surface area contributed by atoms with Crippen molar-refractivity contribution in [2.45, 2.75) is 38.1 Å². The molecule has 1 amide bonds. The molecule has 0 fully saturated rings. The topological polar surface area (TPSA) is 72.3 Å². The van der Waals surface area contributed by atoms with Crippen LogP contribution in [0.3, 0.4) is 0 Å². The summed E-state index contributed by atoms with van der Waals surface area (Å²) in [4.78, 5) is 14.1. The molecule has 0 unspecified atom stereocenters. The number of likely N-dealkylation sites (N-methyl/N-ethyl adjacent to an activating group) is 1. The molecule has 2 rings (SSSR count). The van der Waals surface area contributed by atoms with Crippen LogP contribution in [0.1, 0.15) is 31.0 Å². The van der Waals surface area contributed by atoms with Crippen LogP contribution >= 0.6 is 11.6 Å². The number of sulfone groups is 1. The highest BCUT2D eigenvalue weighted by atomic mass is 35.5. The molecule has 0 radical (unpaired) electrons. The second kappa shape index (κ2) is 8.71. The molecular formula is C19H24ClN3O3S. The predicted molar refractivity (Wildman–Crippen MR) is 109 cm³/mol. The highest BCUT2D eigenvalue weighted by molar-refractivity contribution is 7.90. The van der Waals surface area contributed by atoms with Gasteiger partial charge in [-0.3, -0.25) is 9.48 Å². The van der Waals surface area contributed by atoms with Gasteiger partial charge in [0.25, 0.3) is 5.91 Å². The number of aromatic nitrogens is 2. The third-order valence-electron chi connectivity index (χ3n) is 4.21. The number of carbonyl (C=O) groups excluding carboxylic acids is 1. The summed E-state index contributed by atoms with van der Waals surface area (Å²) in [5.74, 6) is -0.251. The van der Waals surface area contributed by atoms with Gasteiger partial charge in [0.2, 0.25) is 0 Å². The molecule has 1 aromatic carbocycles. The third kappa shape index (κ3) is 5.20. The Bertz CT molecular complexity index is 947. The normalized spacial score (nSPS) is 11.9. The molecule has 8 heteroatoms. The van der Waals surface area contributed by atoms with Crippen molar-refractivity contribution in [1.82, 2.24) is 9.78 Å². The lowest BCUT2D eigenvalue weighted by Crippen LogP contribution is -2.23. The van der Waals surface area contributed by atoms with Crippen molar-refractivity contribution in [3.63, 3.8) is 0 Å². The molecule has 0 saturated heterocycles. The fourth-order valence-corrected chi connectivity index (χ4v) is 3.48. The van der Waals surface area contributed by atoms with Crippen LogP contribution in [-0.4, -0.2) is 37.4 Å². The quantitative estimate of drug-likeness (QED) is 0.653. The van der Waals surface area contributed by atoms with Crippen LogP contribution in [0.25, 0.3) is 6.08 Å². The number of halogens is 1. The Labute approximate surface area is 165 Å². The first-order valence-electron chi connectivity index (χ1n) is 8.64. The van der Waals surface area contributed by atoms with Gasteiger partial charge in [-0.05, 0) is 43.7 Å². The largest absolute Gasteiger partial charge is 0.312 e. The predicted octanol–water partition coefficient (Wildman–Crippen LogP) is 3.72. The monoisotopic (exact) mass is 409 g/mol. The smallest absolute Gasteiger partial charge is 0.250 e. The number of rotatable bonds is 7. The molecule has 1 aromatic heterocycles. The molecule has 0 saturated carbocycles. The van der Waals surface area contributed by atoms with Gasteiger partial charge in [0.05, 0.1) is 10.6 Å². The maximum atomic E-state index is 12.5. The molecule has 27 heavy (non-hydrogen) atoms. The van der Waals surface area contributed by atoms with Crippen LogP contribution in [-0.2, 0) is 21.2 Å². The van der Waals surface area contributed by atoms with Crippen molar-refractivity contribution in [3.8, 4) is 0 Å². The standard InChI is InChI=1S/C19H24ClN3O3S/c1-5-6-13-23-19(20)17(14(2)21-23)11-12-18(24)22(3)15-7-9-16(10-8-15)27(4,25)26/h7-12H,5-6,13H2,1-4H3/b12-11+. The average Bonchev–Trinajstić information content (AvgIpc) is 2.90. The van der Waals surface area contributed by atoms with E-state index in [4.69, 9.17) is 11.6 Å². The molecule has 0 aliphatic heterocycles. The summed E-state index contributed by atoms with van der Waals surface area (Å²) >= 11 is 6.37. The minimum Gasteiger partial charge on any atom is -0.312 e. The molecule has 6 nitrogen and oxygen atoms in total. The lowest BCUT2D eigenvalue weighted by atomic mass is 10.2. The third-order valence-corrected chi connectivity index (χ3v) is 5.74. The van der Waals surface area contributed by atoms with E-state index < -0.39 is 9.84 Å². The molecule has 146 valence electrons. The van der Waals surface area contributed by atoms with Crippen LogP contribution in [0.5, 0.6) is 0 Å². The number of hydrogen-bond donors (Lipinski definition) is 0. The van der Waals surface area contributed by atoms with E-state index in [1.54, 1.807) is 29.9 Å². The fourth-order valence-electron chi connectivity index (χ4n) is 2.52. The summed E-state index contributed by atoms with van der Waals surface area (Å²) in [6.45, 7) is 4.69. The van der Waals surface area contributed by atoms with Gasteiger partial charge in [0, 0.05) is 37.2 Å². The molecule has 0 spiro atoms. The first kappa shape index (κ1) is 21.2. The first-order valence-corrected chi connectivity index (χ1v) is 10.9. The number of carbonyl (C=O) groups is 1. The first-order chi connectivity index (χ1) is 12.6. The van der Waals surface area contributed by atoms with Crippen molar-refractivity contribution in [2.24, 2.45) is 0 Å². The van der Waals surface area contributed by atoms with Gasteiger partial charge in [-0.2, -0.15) is 5.10 Å². The van der Waals surface area contributed by atoms with E-state index in [1.165, 1.54) is 23.1 Å². The number of benzene rings is 1. The number of amides is 1. The summed E-state index contributed by atoms with van der Waals surface area (Å²) in [5.41, 5.74) is 2.08. The summed E-state index contributed by atoms with van der Waals surface area (Å²) in [5, 5.41) is 4.93. The summed E-state index contributed by atoms with van der Waals surface area (Å²) in [7, 11) is -1.64. The molecule has 2 aromatic rings. The van der Waals surface area contributed by atoms with Crippen molar-refractivity contribution in [2.75, 3.05) is 18.2 Å². The zero-order chi connectivity index (χ0) is 20.2. The minimum absolute atomic E-state index is 0.213. The van der Waals surface area contributed by atoms with E-state index in [0.717, 1.165) is 36.9 Å². The molecule has 0 atom stereocenters. The Morgan fingerprint density at radius 2 is 1.93 bits per heavy atom. The van der Waals surface area contributed by atoms with Crippen LogP contribution in [0.15, 0.2) is 35.2 Å². The molecule has 0 aliphatic carbocycles.